The van der Waals surface area contributed by atoms with Gasteiger partial charge in [0.25, 0.3) is 0 Å². The van der Waals surface area contributed by atoms with E-state index in [9.17, 15) is 29.1 Å². The Morgan fingerprint density at radius 3 is 2.28 bits per heavy atom. The van der Waals surface area contributed by atoms with Crippen molar-refractivity contribution in [2.45, 2.75) is 19.5 Å². The smallest absolute Gasteiger partial charge is 0.248 e. The van der Waals surface area contributed by atoms with Gasteiger partial charge >= 0.3 is 0 Å². The van der Waals surface area contributed by atoms with E-state index in [0.29, 0.717) is 132 Å². The first-order valence-corrected chi connectivity index (χ1v) is 23.5. The number of aromatic nitrogens is 3. The summed E-state index contributed by atoms with van der Waals surface area (Å²) in [5.41, 5.74) is 3.79. The van der Waals surface area contributed by atoms with E-state index < -0.39 is 6.61 Å². The number of ether oxygens (including phenoxy) is 4. The first-order valence-electron chi connectivity index (χ1n) is 21.9. The van der Waals surface area contributed by atoms with Gasteiger partial charge in [0.1, 0.15) is 19.7 Å². The molecule has 1 fully saturated rings. The molecule has 2 aliphatic heterocycles. The van der Waals surface area contributed by atoms with Gasteiger partial charge < -0.3 is 59.3 Å². The summed E-state index contributed by atoms with van der Waals surface area (Å²) in [5, 5.41) is 21.9. The van der Waals surface area contributed by atoms with Gasteiger partial charge in [-0.2, -0.15) is 5.10 Å². The summed E-state index contributed by atoms with van der Waals surface area (Å²) < 4.78 is 23.7. The average Bonchev–Trinajstić information content (AvgIpc) is 4.08. The number of aliphatic hydroxyl groups excluding tert-OH is 1. The Morgan fingerprint density at radius 1 is 0.896 bits per heavy atom. The molecule has 5 heterocycles. The topological polar surface area (TPSA) is 213 Å². The second-order valence-corrected chi connectivity index (χ2v) is 17.6. The molecule has 4 aromatic rings. The molecule has 3 aromatic heterocycles. The number of amides is 5. The van der Waals surface area contributed by atoms with Crippen LogP contribution in [0, 0.1) is 0 Å². The highest BCUT2D eigenvalue weighted by molar-refractivity contribution is 7.17. The van der Waals surface area contributed by atoms with Crippen molar-refractivity contribution in [3.63, 3.8) is 0 Å². The molecule has 362 valence electrons. The number of piperazine rings is 1. The fourth-order valence-electron chi connectivity index (χ4n) is 7.28. The van der Waals surface area contributed by atoms with Crippen molar-refractivity contribution >= 4 is 86.1 Å². The van der Waals surface area contributed by atoms with Gasteiger partial charge in [-0.25, -0.2) is 0 Å². The van der Waals surface area contributed by atoms with Crippen LogP contribution in [0.4, 0.5) is 5.00 Å². The normalized spacial score (nSPS) is 14.3. The molecule has 0 unspecified atom stereocenters. The number of carbonyl (C=O) groups is 5. The van der Waals surface area contributed by atoms with Crippen LogP contribution < -0.4 is 15.5 Å². The largest absolute Gasteiger partial charge is 0.387 e. The summed E-state index contributed by atoms with van der Waals surface area (Å²) in [7, 11) is 3.83. The van der Waals surface area contributed by atoms with E-state index in [2.05, 4.69) is 20.7 Å². The van der Waals surface area contributed by atoms with Gasteiger partial charge in [-0.3, -0.25) is 28.7 Å². The van der Waals surface area contributed by atoms with Crippen molar-refractivity contribution in [2.75, 3.05) is 124 Å². The molecule has 5 amide bonds. The van der Waals surface area contributed by atoms with Crippen molar-refractivity contribution in [1.29, 1.82) is 0 Å². The molecule has 0 atom stereocenters. The molecule has 1 aromatic carbocycles. The van der Waals surface area contributed by atoms with E-state index in [1.165, 1.54) is 28.2 Å². The number of likely N-dealkylation sites (N-methyl/N-ethyl adjacent to an activating group) is 1. The molecule has 67 heavy (non-hydrogen) atoms. The molecule has 1 saturated heterocycles. The molecule has 2 aliphatic rings. The molecule has 0 spiro atoms. The van der Waals surface area contributed by atoms with Crippen molar-refractivity contribution in [3.05, 3.63) is 74.9 Å². The van der Waals surface area contributed by atoms with E-state index in [4.69, 9.17) is 42.1 Å². The third-order valence-corrected chi connectivity index (χ3v) is 12.5. The molecule has 0 saturated carbocycles. The van der Waals surface area contributed by atoms with Crippen LogP contribution in [0.3, 0.4) is 0 Å². The molecule has 4 N–H and O–H groups in total. The third kappa shape index (κ3) is 14.9. The summed E-state index contributed by atoms with van der Waals surface area (Å²) in [6.45, 7) is 5.21. The van der Waals surface area contributed by atoms with Crippen LogP contribution in [0.2, 0.25) is 10.0 Å². The Morgan fingerprint density at radius 2 is 1.60 bits per heavy atom. The highest BCUT2D eigenvalue weighted by Gasteiger charge is 2.29. The number of aliphatic hydroxyl groups is 1. The Balaban J connectivity index is 0.756. The lowest BCUT2D eigenvalue weighted by atomic mass is 9.99. The van der Waals surface area contributed by atoms with Crippen LogP contribution in [-0.4, -0.2) is 183 Å². The maximum atomic E-state index is 12.8. The Bertz CT molecular complexity index is 2400. The summed E-state index contributed by atoms with van der Waals surface area (Å²) in [6.07, 6.45) is 8.71. The highest BCUT2D eigenvalue weighted by Crippen LogP contribution is 2.42. The zero-order valence-electron chi connectivity index (χ0n) is 37.6. The predicted octanol–water partition coefficient (Wildman–Crippen LogP) is 2.58. The number of H-pyrrole nitrogens is 1. The SMILES string of the molecule is CN(C)CC=CC(=O)N1CCN(c2ccc(/C=C/C(=O)NCCOCCOCCOCCOCCNC(=O)Cn3ccc(-c4cc(Cl)c(Cl)c5[nH]c6c(c45)CN(C(=O)CO)CC6)n3)s2)C(=O)C1. The maximum Gasteiger partial charge on any atom is 0.248 e. The summed E-state index contributed by atoms with van der Waals surface area (Å²) >= 11 is 14.5. The van der Waals surface area contributed by atoms with Crippen LogP contribution in [0.5, 0.6) is 0 Å². The van der Waals surface area contributed by atoms with Gasteiger partial charge in [0.2, 0.25) is 29.5 Å². The molecule has 22 heteroatoms. The van der Waals surface area contributed by atoms with Crippen LogP contribution >= 0.6 is 34.5 Å². The number of hydrogen-bond acceptors (Lipinski definition) is 13. The van der Waals surface area contributed by atoms with Crippen LogP contribution in [0.15, 0.2) is 48.7 Å². The number of nitrogens with one attached hydrogen (secondary N) is 3. The van der Waals surface area contributed by atoms with Gasteiger partial charge in [0.05, 0.1) is 79.1 Å². The highest BCUT2D eigenvalue weighted by atomic mass is 35.5. The Hall–Kier alpha value is -5.16. The van der Waals surface area contributed by atoms with Gasteiger partial charge in [-0.05, 0) is 44.4 Å². The Kier molecular flexibility index (Phi) is 19.8. The van der Waals surface area contributed by atoms with Crippen molar-refractivity contribution in [3.8, 4) is 11.3 Å². The third-order valence-electron chi connectivity index (χ3n) is 10.6. The summed E-state index contributed by atoms with van der Waals surface area (Å²) in [5.74, 6) is -1.17. The fraction of sp³-hybridized carbons (Fsp3) is 0.467. The van der Waals surface area contributed by atoms with E-state index in [1.54, 1.807) is 45.2 Å². The lowest BCUT2D eigenvalue weighted by Crippen LogP contribution is -2.51. The standard InChI is InChI=1S/C45H57Cl2N9O10S/c1-52(2)13-3-4-39(60)54-16-17-56(40(61)29-54)42-8-6-31(67-42)5-7-37(58)48-11-18-63-20-22-65-24-25-66-23-21-64-19-12-49-38(59)28-55-15-10-36(51-55)32-26-34(46)44(47)45-43(32)33-27-53(41(62)30-57)14-9-35(33)50-45/h3-8,10,15,26,50,57H,9,11-14,16-25,27-30H2,1-2H3,(H,48,58)(H,49,59)/b4-3?,7-5+. The van der Waals surface area contributed by atoms with Crippen LogP contribution in [-0.2, 0) is 62.4 Å². The van der Waals surface area contributed by atoms with Crippen LogP contribution in [0.25, 0.3) is 28.2 Å². The number of halogens is 2. The number of fused-ring (bicyclic) bond motifs is 3. The molecule has 0 aliphatic carbocycles. The minimum Gasteiger partial charge on any atom is -0.387 e. The summed E-state index contributed by atoms with van der Waals surface area (Å²) in [4.78, 5) is 73.4. The van der Waals surface area contributed by atoms with Gasteiger partial charge in [0, 0.05) is 97.7 Å². The lowest BCUT2D eigenvalue weighted by Gasteiger charge is -2.33. The molecular formula is C45H57Cl2N9O10S. The molecule has 0 radical (unpaired) electrons. The number of thiophene rings is 1. The number of nitrogens with zero attached hydrogens (tertiary/aromatic N) is 6. The van der Waals surface area contributed by atoms with E-state index in [0.717, 1.165) is 26.5 Å². The number of benzene rings is 1. The molecule has 0 bridgehead atoms. The molecular weight excluding hydrogens is 930 g/mol. The minimum atomic E-state index is -0.565. The number of aromatic amines is 1. The quantitative estimate of drug-likeness (QED) is 0.0558. The van der Waals surface area contributed by atoms with E-state index in [-0.39, 0.29) is 42.6 Å². The van der Waals surface area contributed by atoms with Gasteiger partial charge in [0.15, 0.2) is 0 Å². The zero-order valence-corrected chi connectivity index (χ0v) is 39.9. The first kappa shape index (κ1) is 51.2. The zero-order chi connectivity index (χ0) is 47.7. The number of rotatable bonds is 25. The maximum absolute atomic E-state index is 12.8. The first-order chi connectivity index (χ1) is 32.4. The number of anilines is 1. The second-order valence-electron chi connectivity index (χ2n) is 15.7. The predicted molar refractivity (Wildman–Crippen MR) is 255 cm³/mol. The van der Waals surface area contributed by atoms with Crippen LogP contribution in [0.1, 0.15) is 16.1 Å². The number of carbonyl (C=O) groups excluding carboxylic acids is 5. The monoisotopic (exact) mass is 985 g/mol. The van der Waals surface area contributed by atoms with E-state index in [1.807, 2.05) is 31.1 Å². The van der Waals surface area contributed by atoms with Gasteiger partial charge in [-0.1, -0.05) is 29.3 Å². The van der Waals surface area contributed by atoms with Gasteiger partial charge in [-0.15, -0.1) is 11.3 Å². The van der Waals surface area contributed by atoms with Crippen molar-refractivity contribution in [2.24, 2.45) is 0 Å². The minimum absolute atomic E-state index is 0.0103. The lowest BCUT2D eigenvalue weighted by molar-refractivity contribution is -0.135. The van der Waals surface area contributed by atoms with Crippen molar-refractivity contribution < 1.29 is 48.0 Å². The average molecular weight is 987 g/mol. The van der Waals surface area contributed by atoms with E-state index >= 15 is 0 Å². The number of hydrogen-bond donors (Lipinski definition) is 4. The Labute approximate surface area is 402 Å². The summed E-state index contributed by atoms with van der Waals surface area (Å²) in [6, 6.07) is 7.22. The molecule has 6 rings (SSSR count). The van der Waals surface area contributed by atoms with Crippen molar-refractivity contribution in [1.82, 2.24) is 40.1 Å². The molecule has 19 nitrogen and oxygen atoms in total. The fourth-order valence-corrected chi connectivity index (χ4v) is 8.63. The second kappa shape index (κ2) is 25.8.